The van der Waals surface area contributed by atoms with E-state index in [1.54, 1.807) is 37.5 Å². The number of aromatic nitrogens is 6. The average molecular weight is 439 g/mol. The van der Waals surface area contributed by atoms with Crippen molar-refractivity contribution in [1.29, 1.82) is 0 Å². The van der Waals surface area contributed by atoms with E-state index >= 15 is 0 Å². The van der Waals surface area contributed by atoms with Crippen molar-refractivity contribution in [3.63, 3.8) is 0 Å². The van der Waals surface area contributed by atoms with Gasteiger partial charge in [0.05, 0.1) is 13.1 Å². The summed E-state index contributed by atoms with van der Waals surface area (Å²) in [6, 6.07) is 13.0. The second kappa shape index (κ2) is 7.21. The Bertz CT molecular complexity index is 1560. The molecule has 0 saturated carbocycles. The highest BCUT2D eigenvalue weighted by molar-refractivity contribution is 6.31. The van der Waals surface area contributed by atoms with Gasteiger partial charge < -0.3 is 0 Å². The highest BCUT2D eigenvalue weighted by Crippen LogP contribution is 2.16. The second-order valence-corrected chi connectivity index (χ2v) is 7.63. The first-order valence-electron chi connectivity index (χ1n) is 9.46. The van der Waals surface area contributed by atoms with Crippen molar-refractivity contribution in [1.82, 2.24) is 28.5 Å². The molecule has 8 nitrogen and oxygen atoms in total. The van der Waals surface area contributed by atoms with Crippen LogP contribution in [0.15, 0.2) is 64.3 Å². The third-order valence-electron chi connectivity index (χ3n) is 5.09. The van der Waals surface area contributed by atoms with Crippen molar-refractivity contribution in [3.8, 4) is 0 Å². The summed E-state index contributed by atoms with van der Waals surface area (Å²) in [7, 11) is 1.68. The molecule has 0 bridgehead atoms. The molecule has 0 fully saturated rings. The molecule has 0 aliphatic heterocycles. The molecule has 0 atom stereocenters. The van der Waals surface area contributed by atoms with Crippen molar-refractivity contribution >= 4 is 28.4 Å². The van der Waals surface area contributed by atoms with E-state index < -0.39 is 5.69 Å². The van der Waals surface area contributed by atoms with Gasteiger partial charge in [0.2, 0.25) is 5.78 Å². The van der Waals surface area contributed by atoms with Crippen molar-refractivity contribution in [2.45, 2.75) is 13.1 Å². The first-order valence-corrected chi connectivity index (χ1v) is 9.84. The van der Waals surface area contributed by atoms with Crippen LogP contribution in [-0.2, 0) is 20.1 Å². The average Bonchev–Trinajstić information content (AvgIpc) is 3.28. The van der Waals surface area contributed by atoms with Gasteiger partial charge in [-0.05, 0) is 29.3 Å². The van der Waals surface area contributed by atoms with Crippen LogP contribution in [0.2, 0.25) is 5.02 Å². The fraction of sp³-hybridized carbons (Fsp3) is 0.143. The number of hydrogen-bond donors (Lipinski definition) is 0. The highest BCUT2D eigenvalue weighted by atomic mass is 35.5. The Hall–Kier alpha value is -3.72. The SMILES string of the molecule is Cn1cc2c(n1)c(=O)n(Cc1ccc(F)cc1)c1nn(Cc3ccccc3Cl)c(=O)n21. The van der Waals surface area contributed by atoms with Crippen LogP contribution in [0.3, 0.4) is 0 Å². The fourth-order valence-electron chi connectivity index (χ4n) is 3.60. The largest absolute Gasteiger partial charge is 0.352 e. The molecular weight excluding hydrogens is 423 g/mol. The Balaban J connectivity index is 1.76. The lowest BCUT2D eigenvalue weighted by Crippen LogP contribution is -2.26. The quantitative estimate of drug-likeness (QED) is 0.431. The van der Waals surface area contributed by atoms with Gasteiger partial charge in [0.1, 0.15) is 11.3 Å². The smallest absolute Gasteiger partial charge is 0.273 e. The highest BCUT2D eigenvalue weighted by Gasteiger charge is 2.20. The Morgan fingerprint density at radius 2 is 1.74 bits per heavy atom. The van der Waals surface area contributed by atoms with Crippen molar-refractivity contribution in [2.24, 2.45) is 7.05 Å². The first kappa shape index (κ1) is 19.3. The molecule has 0 amide bonds. The van der Waals surface area contributed by atoms with E-state index in [0.717, 1.165) is 5.56 Å². The van der Waals surface area contributed by atoms with Gasteiger partial charge in [-0.1, -0.05) is 41.9 Å². The van der Waals surface area contributed by atoms with Crippen LogP contribution in [0.5, 0.6) is 0 Å². The maximum atomic E-state index is 13.3. The minimum atomic E-state index is -0.416. The number of halogens is 2. The predicted molar refractivity (Wildman–Crippen MR) is 114 cm³/mol. The van der Waals surface area contributed by atoms with Crippen LogP contribution in [-0.4, -0.2) is 28.5 Å². The number of aryl methyl sites for hydroxylation is 1. The lowest BCUT2D eigenvalue weighted by atomic mass is 10.2. The van der Waals surface area contributed by atoms with E-state index in [9.17, 15) is 14.0 Å². The number of fused-ring (bicyclic) bond motifs is 3. The zero-order valence-corrected chi connectivity index (χ0v) is 17.1. The molecule has 2 aromatic carbocycles. The monoisotopic (exact) mass is 438 g/mol. The molecule has 0 radical (unpaired) electrons. The van der Waals surface area contributed by atoms with Gasteiger partial charge >= 0.3 is 5.69 Å². The third kappa shape index (κ3) is 3.23. The third-order valence-corrected chi connectivity index (χ3v) is 5.46. The summed E-state index contributed by atoms with van der Waals surface area (Å²) in [4.78, 5) is 26.4. The zero-order valence-electron chi connectivity index (χ0n) is 16.4. The Kier molecular flexibility index (Phi) is 4.48. The molecule has 3 aromatic heterocycles. The Morgan fingerprint density at radius 1 is 1.00 bits per heavy atom. The molecule has 31 heavy (non-hydrogen) atoms. The molecule has 0 unspecified atom stereocenters. The summed E-state index contributed by atoms with van der Waals surface area (Å²) in [5.41, 5.74) is 1.13. The van der Waals surface area contributed by atoms with E-state index in [2.05, 4.69) is 10.2 Å². The van der Waals surface area contributed by atoms with E-state index in [1.807, 2.05) is 12.1 Å². The second-order valence-electron chi connectivity index (χ2n) is 7.22. The molecule has 3 heterocycles. The van der Waals surface area contributed by atoms with Crippen LogP contribution >= 0.6 is 11.6 Å². The molecule has 5 aromatic rings. The number of nitrogens with zero attached hydrogens (tertiary/aromatic N) is 6. The Labute approximate surface area is 179 Å². The summed E-state index contributed by atoms with van der Waals surface area (Å²) in [5, 5.41) is 9.19. The summed E-state index contributed by atoms with van der Waals surface area (Å²) in [5.74, 6) is -0.200. The Morgan fingerprint density at radius 3 is 2.48 bits per heavy atom. The minimum Gasteiger partial charge on any atom is -0.273 e. The van der Waals surface area contributed by atoms with Crippen molar-refractivity contribution in [3.05, 3.63) is 97.5 Å². The summed E-state index contributed by atoms with van der Waals surface area (Å²) < 4.78 is 18.8. The maximum absolute atomic E-state index is 13.3. The summed E-state index contributed by atoms with van der Waals surface area (Å²) in [6.07, 6.45) is 1.61. The minimum absolute atomic E-state index is 0.109. The van der Waals surface area contributed by atoms with E-state index in [-0.39, 0.29) is 35.8 Å². The molecule has 0 saturated heterocycles. The lowest BCUT2D eigenvalue weighted by molar-refractivity contribution is 0.626. The fourth-order valence-corrected chi connectivity index (χ4v) is 3.79. The van der Waals surface area contributed by atoms with Crippen molar-refractivity contribution < 1.29 is 4.39 Å². The number of rotatable bonds is 4. The van der Waals surface area contributed by atoms with Crippen LogP contribution in [0, 0.1) is 5.82 Å². The number of benzene rings is 2. The van der Waals surface area contributed by atoms with Crippen LogP contribution in [0.1, 0.15) is 11.1 Å². The van der Waals surface area contributed by atoms with Crippen LogP contribution in [0.25, 0.3) is 16.8 Å². The van der Waals surface area contributed by atoms with Gasteiger partial charge in [-0.15, -0.1) is 5.10 Å². The molecule has 156 valence electrons. The van der Waals surface area contributed by atoms with Gasteiger partial charge in [-0.2, -0.15) is 5.10 Å². The van der Waals surface area contributed by atoms with Gasteiger partial charge in [-0.3, -0.25) is 14.0 Å². The zero-order chi connectivity index (χ0) is 21.7. The van der Waals surface area contributed by atoms with Crippen LogP contribution in [0.4, 0.5) is 4.39 Å². The molecule has 0 N–H and O–H groups in total. The molecule has 10 heteroatoms. The lowest BCUT2D eigenvalue weighted by Gasteiger charge is -2.07. The van der Waals surface area contributed by atoms with E-state index in [4.69, 9.17) is 11.6 Å². The maximum Gasteiger partial charge on any atom is 0.352 e. The van der Waals surface area contributed by atoms with E-state index in [1.165, 1.54) is 30.5 Å². The molecule has 5 rings (SSSR count). The van der Waals surface area contributed by atoms with Gasteiger partial charge in [0.25, 0.3) is 5.56 Å². The molecule has 0 spiro atoms. The van der Waals surface area contributed by atoms with Gasteiger partial charge in [0, 0.05) is 18.3 Å². The molecule has 0 aliphatic rings. The molecule has 0 aliphatic carbocycles. The van der Waals surface area contributed by atoms with Gasteiger partial charge in [0.15, 0.2) is 5.52 Å². The topological polar surface area (TPSA) is 79.1 Å². The standard InChI is InChI=1S/C21H16ClFN6O2/c1-26-12-17-18(24-26)19(30)27(10-13-6-8-15(23)9-7-13)20-25-28(21(31)29(17)20)11-14-4-2-3-5-16(14)22/h2-9,12H,10-11H2,1H3. The number of hydrogen-bond acceptors (Lipinski definition) is 4. The molecular formula is C21H16ClFN6O2. The summed E-state index contributed by atoms with van der Waals surface area (Å²) >= 11 is 6.25. The van der Waals surface area contributed by atoms with Crippen molar-refractivity contribution in [2.75, 3.05) is 0 Å². The first-order chi connectivity index (χ1) is 14.9. The predicted octanol–water partition coefficient (Wildman–Crippen LogP) is 2.43. The van der Waals surface area contributed by atoms with Gasteiger partial charge in [-0.25, -0.2) is 18.3 Å². The van der Waals surface area contributed by atoms with Crippen LogP contribution < -0.4 is 11.2 Å². The summed E-state index contributed by atoms with van der Waals surface area (Å²) in [6.45, 7) is 0.254. The van der Waals surface area contributed by atoms with E-state index in [0.29, 0.717) is 16.1 Å². The normalized spacial score (nSPS) is 11.6.